The normalized spacial score (nSPS) is 21.9. The van der Waals surface area contributed by atoms with Crippen LogP contribution in [-0.4, -0.2) is 23.5 Å². The van der Waals surface area contributed by atoms with E-state index in [0.717, 1.165) is 5.56 Å². The maximum absolute atomic E-state index is 11.7. The number of allylic oxidation sites excluding steroid dienone is 1. The van der Waals surface area contributed by atoms with Crippen molar-refractivity contribution in [3.05, 3.63) is 57.7 Å². The monoisotopic (exact) mass is 275 g/mol. The van der Waals surface area contributed by atoms with Crippen LogP contribution >= 0.6 is 0 Å². The maximum Gasteiger partial charge on any atom is 0.333 e. The first kappa shape index (κ1) is 14.2. The Morgan fingerprint density at radius 2 is 2.10 bits per heavy atom. The second-order valence-electron chi connectivity index (χ2n) is 4.76. The number of carbonyl (C=O) groups excluding carboxylic acids is 1. The molecule has 0 heterocycles. The molecule has 0 bridgehead atoms. The number of carbonyl (C=O) groups is 1. The first-order chi connectivity index (χ1) is 9.63. The molecule has 2 unspecified atom stereocenters. The van der Waals surface area contributed by atoms with E-state index in [2.05, 4.69) is 0 Å². The summed E-state index contributed by atoms with van der Waals surface area (Å²) in [6.07, 6.45) is 2.39. The van der Waals surface area contributed by atoms with Crippen molar-refractivity contribution >= 4 is 5.97 Å². The van der Waals surface area contributed by atoms with Gasteiger partial charge in [-0.05, 0) is 18.9 Å². The highest BCUT2D eigenvalue weighted by Crippen LogP contribution is 2.34. The molecule has 0 aliphatic heterocycles. The minimum atomic E-state index is -0.776. The molecule has 5 nitrogen and oxygen atoms in total. The molecule has 0 amide bonds. The zero-order chi connectivity index (χ0) is 14.5. The third-order valence-corrected chi connectivity index (χ3v) is 3.55. The summed E-state index contributed by atoms with van der Waals surface area (Å²) in [7, 11) is 0. The smallest absolute Gasteiger partial charge is 0.333 e. The van der Waals surface area contributed by atoms with Crippen molar-refractivity contribution in [2.45, 2.75) is 31.7 Å². The van der Waals surface area contributed by atoms with Gasteiger partial charge in [-0.2, -0.15) is 0 Å². The molecule has 0 aromatic heterocycles. The predicted molar refractivity (Wildman–Crippen MR) is 73.9 cm³/mol. The number of hydrogen-bond donors (Lipinski definition) is 0. The number of hydrogen-bond acceptors (Lipinski definition) is 4. The summed E-state index contributed by atoms with van der Waals surface area (Å²) >= 11 is 0. The summed E-state index contributed by atoms with van der Waals surface area (Å²) in [5.41, 5.74) is 1.36. The largest absolute Gasteiger partial charge is 0.463 e. The molecule has 106 valence electrons. The van der Waals surface area contributed by atoms with Gasteiger partial charge in [0.05, 0.1) is 12.5 Å². The van der Waals surface area contributed by atoms with E-state index in [9.17, 15) is 14.9 Å². The molecule has 1 aliphatic rings. The fraction of sp³-hybridized carbons (Fsp3) is 0.400. The Labute approximate surface area is 117 Å². The Kier molecular flexibility index (Phi) is 4.50. The van der Waals surface area contributed by atoms with Crippen molar-refractivity contribution < 1.29 is 14.5 Å². The molecule has 5 heteroatoms. The minimum Gasteiger partial charge on any atom is -0.463 e. The van der Waals surface area contributed by atoms with Gasteiger partial charge in [0.15, 0.2) is 0 Å². The lowest BCUT2D eigenvalue weighted by molar-refractivity contribution is -0.526. The summed E-state index contributed by atoms with van der Waals surface area (Å²) < 4.78 is 4.92. The van der Waals surface area contributed by atoms with Crippen LogP contribution in [0.4, 0.5) is 0 Å². The molecule has 0 fully saturated rings. The van der Waals surface area contributed by atoms with Gasteiger partial charge in [-0.1, -0.05) is 36.4 Å². The first-order valence-electron chi connectivity index (χ1n) is 6.68. The van der Waals surface area contributed by atoms with E-state index in [1.807, 2.05) is 30.3 Å². The third kappa shape index (κ3) is 3.04. The molecular formula is C15H17NO4. The quantitative estimate of drug-likeness (QED) is 0.481. The second kappa shape index (κ2) is 6.32. The molecule has 0 N–H and O–H groups in total. The number of benzene rings is 1. The average Bonchev–Trinajstić information content (AvgIpc) is 2.47. The number of nitrogens with zero attached hydrogens (tertiary/aromatic N) is 1. The number of rotatable bonds is 4. The Hall–Kier alpha value is -2.17. The highest BCUT2D eigenvalue weighted by molar-refractivity contribution is 5.88. The van der Waals surface area contributed by atoms with Crippen LogP contribution in [0.1, 0.15) is 31.2 Å². The Morgan fingerprint density at radius 1 is 1.40 bits per heavy atom. The molecule has 0 radical (unpaired) electrons. The predicted octanol–water partition coefficient (Wildman–Crippen LogP) is 2.70. The van der Waals surface area contributed by atoms with Crippen LogP contribution in [0.2, 0.25) is 0 Å². The van der Waals surface area contributed by atoms with E-state index in [4.69, 9.17) is 4.74 Å². The van der Waals surface area contributed by atoms with Gasteiger partial charge in [-0.3, -0.25) is 10.1 Å². The van der Waals surface area contributed by atoms with Gasteiger partial charge >= 0.3 is 5.97 Å². The highest BCUT2D eigenvalue weighted by atomic mass is 16.6. The number of esters is 1. The molecule has 0 spiro atoms. The van der Waals surface area contributed by atoms with Gasteiger partial charge in [0.25, 0.3) is 0 Å². The van der Waals surface area contributed by atoms with Crippen molar-refractivity contribution in [1.82, 2.24) is 0 Å². The summed E-state index contributed by atoms with van der Waals surface area (Å²) in [5, 5.41) is 11.3. The van der Waals surface area contributed by atoms with Crippen LogP contribution in [0, 0.1) is 10.1 Å². The van der Waals surface area contributed by atoms with E-state index < -0.39 is 12.0 Å². The van der Waals surface area contributed by atoms with Crippen LogP contribution < -0.4 is 0 Å². The zero-order valence-electron chi connectivity index (χ0n) is 11.3. The lowest BCUT2D eigenvalue weighted by Crippen LogP contribution is -2.32. The van der Waals surface area contributed by atoms with Gasteiger partial charge < -0.3 is 4.74 Å². The fourth-order valence-electron chi connectivity index (χ4n) is 2.55. The van der Waals surface area contributed by atoms with Gasteiger partial charge in [0.2, 0.25) is 6.04 Å². The average molecular weight is 275 g/mol. The first-order valence-corrected chi connectivity index (χ1v) is 6.68. The van der Waals surface area contributed by atoms with E-state index in [1.165, 1.54) is 0 Å². The molecule has 2 atom stereocenters. The van der Waals surface area contributed by atoms with E-state index in [-0.39, 0.29) is 23.9 Å². The van der Waals surface area contributed by atoms with Gasteiger partial charge in [-0.25, -0.2) is 4.79 Å². The summed E-state index contributed by atoms with van der Waals surface area (Å²) in [6.45, 7) is 2.00. The van der Waals surface area contributed by atoms with Crippen LogP contribution in [0.3, 0.4) is 0 Å². The molecular weight excluding hydrogens is 258 g/mol. The number of ether oxygens (including phenoxy) is 1. The van der Waals surface area contributed by atoms with Crippen molar-refractivity contribution in [1.29, 1.82) is 0 Å². The maximum atomic E-state index is 11.7. The number of nitro groups is 1. The van der Waals surface area contributed by atoms with E-state index in [1.54, 1.807) is 13.0 Å². The van der Waals surface area contributed by atoms with Crippen molar-refractivity contribution in [2.24, 2.45) is 0 Å². The fourth-order valence-corrected chi connectivity index (χ4v) is 2.55. The topological polar surface area (TPSA) is 69.4 Å². The SMILES string of the molecule is CCOC(=O)C1=CCC(c2ccccc2)C([N+](=O)[O-])C1. The summed E-state index contributed by atoms with van der Waals surface area (Å²) in [6, 6.07) is 8.64. The van der Waals surface area contributed by atoms with Gasteiger partial charge in [-0.15, -0.1) is 0 Å². The van der Waals surface area contributed by atoms with Crippen LogP contribution in [0.25, 0.3) is 0 Å². The lowest BCUT2D eigenvalue weighted by atomic mass is 9.81. The van der Waals surface area contributed by atoms with Crippen LogP contribution in [0.5, 0.6) is 0 Å². The lowest BCUT2D eigenvalue weighted by Gasteiger charge is -2.25. The Morgan fingerprint density at radius 3 is 2.70 bits per heavy atom. The molecule has 0 saturated heterocycles. The Balaban J connectivity index is 2.23. The molecule has 1 aliphatic carbocycles. The third-order valence-electron chi connectivity index (χ3n) is 3.55. The van der Waals surface area contributed by atoms with Crippen molar-refractivity contribution in [3.8, 4) is 0 Å². The zero-order valence-corrected chi connectivity index (χ0v) is 11.3. The molecule has 2 rings (SSSR count). The van der Waals surface area contributed by atoms with Crippen LogP contribution in [0.15, 0.2) is 42.0 Å². The van der Waals surface area contributed by atoms with Crippen LogP contribution in [-0.2, 0) is 9.53 Å². The standard InChI is InChI=1S/C15H17NO4/c1-2-20-15(17)12-8-9-13(14(10-12)16(18)19)11-6-4-3-5-7-11/h3-8,13-14H,2,9-10H2,1H3. The molecule has 0 saturated carbocycles. The summed E-state index contributed by atoms with van der Waals surface area (Å²) in [5.74, 6) is -0.629. The minimum absolute atomic E-state index is 0.130. The Bertz CT molecular complexity index is 524. The highest BCUT2D eigenvalue weighted by Gasteiger charge is 2.37. The molecule has 1 aromatic rings. The summed E-state index contributed by atoms with van der Waals surface area (Å²) in [4.78, 5) is 22.7. The molecule has 1 aromatic carbocycles. The van der Waals surface area contributed by atoms with Gasteiger partial charge in [0.1, 0.15) is 0 Å². The van der Waals surface area contributed by atoms with E-state index >= 15 is 0 Å². The van der Waals surface area contributed by atoms with Crippen molar-refractivity contribution in [2.75, 3.05) is 6.61 Å². The second-order valence-corrected chi connectivity index (χ2v) is 4.76. The molecule has 20 heavy (non-hydrogen) atoms. The van der Waals surface area contributed by atoms with Crippen molar-refractivity contribution in [3.63, 3.8) is 0 Å². The van der Waals surface area contributed by atoms with E-state index in [0.29, 0.717) is 12.0 Å². The van der Waals surface area contributed by atoms with Gasteiger partial charge in [0, 0.05) is 16.9 Å².